The minimum atomic E-state index is -0.673. The number of carbonyl (C=O) groups is 1. The van der Waals surface area contributed by atoms with Crippen LogP contribution < -0.4 is 5.32 Å². The second-order valence-electron chi connectivity index (χ2n) is 4.32. The van der Waals surface area contributed by atoms with Crippen LogP contribution in [0, 0.1) is 0 Å². The molecule has 1 saturated carbocycles. The van der Waals surface area contributed by atoms with Crippen molar-refractivity contribution in [2.75, 3.05) is 12.9 Å². The van der Waals surface area contributed by atoms with Crippen molar-refractivity contribution in [3.63, 3.8) is 0 Å². The number of aromatic nitrogens is 3. The quantitative estimate of drug-likeness (QED) is 0.572. The molecule has 1 unspecified atom stereocenters. The average molecular weight is 256 g/mol. The van der Waals surface area contributed by atoms with Gasteiger partial charge >= 0.3 is 5.97 Å². The van der Waals surface area contributed by atoms with Crippen LogP contribution >= 0.6 is 11.8 Å². The molecule has 1 aromatic rings. The number of esters is 1. The third-order valence-electron chi connectivity index (χ3n) is 2.63. The number of H-pyrrole nitrogens is 1. The van der Waals surface area contributed by atoms with Gasteiger partial charge < -0.3 is 4.74 Å². The number of methoxy groups -OCH3 is 1. The first-order chi connectivity index (χ1) is 8.14. The van der Waals surface area contributed by atoms with E-state index in [0.29, 0.717) is 17.0 Å². The second-order valence-corrected chi connectivity index (χ2v) is 5.29. The highest BCUT2D eigenvalue weighted by Gasteiger charge is 2.39. The largest absolute Gasteiger partial charge is 0.468 e. The van der Waals surface area contributed by atoms with Crippen molar-refractivity contribution in [3.8, 4) is 0 Å². The first kappa shape index (κ1) is 12.4. The maximum atomic E-state index is 11.8. The Balaban J connectivity index is 1.96. The Labute approximate surface area is 104 Å². The van der Waals surface area contributed by atoms with Gasteiger partial charge in [0.15, 0.2) is 5.16 Å². The van der Waals surface area contributed by atoms with Crippen molar-refractivity contribution < 1.29 is 9.53 Å². The van der Waals surface area contributed by atoms with Gasteiger partial charge in [-0.1, -0.05) is 11.8 Å². The van der Waals surface area contributed by atoms with Crippen LogP contribution in [-0.4, -0.2) is 45.6 Å². The highest BCUT2D eigenvalue weighted by atomic mass is 32.2. The van der Waals surface area contributed by atoms with E-state index in [2.05, 4.69) is 20.5 Å². The van der Waals surface area contributed by atoms with Crippen LogP contribution in [0.5, 0.6) is 0 Å². The van der Waals surface area contributed by atoms with Crippen molar-refractivity contribution in [1.29, 1.82) is 0 Å². The lowest BCUT2D eigenvalue weighted by atomic mass is 10.1. The van der Waals surface area contributed by atoms with Gasteiger partial charge in [0.25, 0.3) is 0 Å². The molecule has 1 aromatic heterocycles. The van der Waals surface area contributed by atoms with Crippen LogP contribution in [0.25, 0.3) is 0 Å². The lowest BCUT2D eigenvalue weighted by molar-refractivity contribution is -0.147. The molecule has 1 atom stereocenters. The topological polar surface area (TPSA) is 79.9 Å². The summed E-state index contributed by atoms with van der Waals surface area (Å²) in [5.41, 5.74) is -0.673. The van der Waals surface area contributed by atoms with E-state index in [9.17, 15) is 4.79 Å². The Morgan fingerprint density at radius 2 is 2.53 bits per heavy atom. The first-order valence-electron chi connectivity index (χ1n) is 5.48. The highest BCUT2D eigenvalue weighted by molar-refractivity contribution is 7.99. The highest BCUT2D eigenvalue weighted by Crippen LogP contribution is 2.26. The summed E-state index contributed by atoms with van der Waals surface area (Å²) in [6.45, 7) is 1.86. The monoisotopic (exact) mass is 256 g/mol. The zero-order valence-corrected chi connectivity index (χ0v) is 10.7. The summed E-state index contributed by atoms with van der Waals surface area (Å²) >= 11 is 1.45. The zero-order valence-electron chi connectivity index (χ0n) is 9.90. The molecule has 2 rings (SSSR count). The second kappa shape index (κ2) is 5.05. The van der Waals surface area contributed by atoms with Gasteiger partial charge in [0.1, 0.15) is 11.9 Å². The zero-order chi connectivity index (χ0) is 12.3. The van der Waals surface area contributed by atoms with Crippen molar-refractivity contribution in [1.82, 2.24) is 20.5 Å². The molecule has 1 heterocycles. The molecule has 0 radical (unpaired) electrons. The van der Waals surface area contributed by atoms with Gasteiger partial charge in [-0.2, -0.15) is 5.10 Å². The summed E-state index contributed by atoms with van der Waals surface area (Å²) in [6.07, 6.45) is 3.70. The predicted octanol–water partition coefficient (Wildman–Crippen LogP) is 0.580. The van der Waals surface area contributed by atoms with Gasteiger partial charge in [0.05, 0.1) is 7.11 Å². The molecule has 0 amide bonds. The van der Waals surface area contributed by atoms with Crippen LogP contribution in [0.4, 0.5) is 0 Å². The van der Waals surface area contributed by atoms with Crippen LogP contribution in [-0.2, 0) is 9.53 Å². The Morgan fingerprint density at radius 3 is 3.06 bits per heavy atom. The number of ether oxygens (including phenoxy) is 1. The molecule has 0 spiro atoms. The van der Waals surface area contributed by atoms with Crippen molar-refractivity contribution in [3.05, 3.63) is 6.33 Å². The maximum Gasteiger partial charge on any atom is 0.326 e. The molecule has 1 fully saturated rings. The molecule has 1 aliphatic carbocycles. The fourth-order valence-electron chi connectivity index (χ4n) is 1.54. The minimum absolute atomic E-state index is 0.239. The van der Waals surface area contributed by atoms with Gasteiger partial charge in [-0.25, -0.2) is 4.98 Å². The SMILES string of the molecule is COC(=O)C(C)(CSc1ncn[nH]1)NC1CC1. The predicted molar refractivity (Wildman–Crippen MR) is 63.7 cm³/mol. The van der Waals surface area contributed by atoms with E-state index in [1.165, 1.54) is 25.2 Å². The average Bonchev–Trinajstić information content (AvgIpc) is 2.97. The van der Waals surface area contributed by atoms with E-state index in [-0.39, 0.29) is 5.97 Å². The molecule has 0 aliphatic heterocycles. The van der Waals surface area contributed by atoms with E-state index in [4.69, 9.17) is 4.74 Å². The summed E-state index contributed by atoms with van der Waals surface area (Å²) in [7, 11) is 1.41. The third-order valence-corrected chi connectivity index (χ3v) is 3.82. The van der Waals surface area contributed by atoms with Crippen molar-refractivity contribution >= 4 is 17.7 Å². The Bertz CT molecular complexity index is 380. The van der Waals surface area contributed by atoms with E-state index in [1.807, 2.05) is 6.92 Å². The number of thioether (sulfide) groups is 1. The van der Waals surface area contributed by atoms with E-state index in [0.717, 1.165) is 12.8 Å². The van der Waals surface area contributed by atoms with E-state index >= 15 is 0 Å². The van der Waals surface area contributed by atoms with Crippen LogP contribution in [0.15, 0.2) is 11.5 Å². The summed E-state index contributed by atoms with van der Waals surface area (Å²) < 4.78 is 4.85. The van der Waals surface area contributed by atoms with Gasteiger partial charge in [-0.05, 0) is 19.8 Å². The van der Waals surface area contributed by atoms with Crippen LogP contribution in [0.1, 0.15) is 19.8 Å². The summed E-state index contributed by atoms with van der Waals surface area (Å²) in [6, 6.07) is 0.439. The van der Waals surface area contributed by atoms with Gasteiger partial charge in [0.2, 0.25) is 0 Å². The molecule has 0 saturated heterocycles. The first-order valence-corrected chi connectivity index (χ1v) is 6.47. The van der Waals surface area contributed by atoms with Crippen LogP contribution in [0.3, 0.4) is 0 Å². The standard InChI is InChI=1S/C10H16N4O2S/c1-10(8(15)16-2,13-7-3-4-7)5-17-9-11-6-12-14-9/h6-7,13H,3-5H2,1-2H3,(H,11,12,14). The molecule has 94 valence electrons. The van der Waals surface area contributed by atoms with Gasteiger partial charge in [0, 0.05) is 11.8 Å². The van der Waals surface area contributed by atoms with Crippen molar-refractivity contribution in [2.24, 2.45) is 0 Å². The molecule has 0 aromatic carbocycles. The number of rotatable bonds is 6. The van der Waals surface area contributed by atoms with E-state index in [1.54, 1.807) is 0 Å². The molecular weight excluding hydrogens is 240 g/mol. The smallest absolute Gasteiger partial charge is 0.326 e. The summed E-state index contributed by atoms with van der Waals surface area (Å²) in [5, 5.41) is 10.6. The number of nitrogens with zero attached hydrogens (tertiary/aromatic N) is 2. The molecule has 0 bridgehead atoms. The summed E-state index contributed by atoms with van der Waals surface area (Å²) in [5.74, 6) is 0.321. The normalized spacial score (nSPS) is 18.7. The lowest BCUT2D eigenvalue weighted by Gasteiger charge is -2.27. The molecule has 2 N–H and O–H groups in total. The minimum Gasteiger partial charge on any atom is -0.468 e. The molecule has 7 heteroatoms. The van der Waals surface area contributed by atoms with E-state index < -0.39 is 5.54 Å². The number of hydrogen-bond acceptors (Lipinski definition) is 6. The number of carbonyl (C=O) groups excluding carboxylic acids is 1. The van der Waals surface area contributed by atoms with Crippen LogP contribution in [0.2, 0.25) is 0 Å². The molecule has 6 nitrogen and oxygen atoms in total. The maximum absolute atomic E-state index is 11.8. The lowest BCUT2D eigenvalue weighted by Crippen LogP contribution is -2.53. The molecule has 1 aliphatic rings. The summed E-state index contributed by atoms with van der Waals surface area (Å²) in [4.78, 5) is 15.8. The van der Waals surface area contributed by atoms with Crippen molar-refractivity contribution in [2.45, 2.75) is 36.5 Å². The van der Waals surface area contributed by atoms with Gasteiger partial charge in [-0.3, -0.25) is 15.2 Å². The number of hydrogen-bond donors (Lipinski definition) is 2. The Kier molecular flexibility index (Phi) is 3.68. The molecular formula is C10H16N4O2S. The number of nitrogens with one attached hydrogen (secondary N) is 2. The molecule has 17 heavy (non-hydrogen) atoms. The number of aromatic amines is 1. The fraction of sp³-hybridized carbons (Fsp3) is 0.700. The fourth-order valence-corrected chi connectivity index (χ4v) is 2.40. The van der Waals surface area contributed by atoms with Gasteiger partial charge in [-0.15, -0.1) is 0 Å². The Hall–Kier alpha value is -1.08. The Morgan fingerprint density at radius 1 is 1.76 bits per heavy atom. The third kappa shape index (κ3) is 3.19.